The molecule has 7 heteroatoms. The lowest BCUT2D eigenvalue weighted by Gasteiger charge is -2.11. The van der Waals surface area contributed by atoms with Gasteiger partial charge in [0.2, 0.25) is 0 Å². The summed E-state index contributed by atoms with van der Waals surface area (Å²) in [6, 6.07) is 7.32. The van der Waals surface area contributed by atoms with Crippen LogP contribution in [0.1, 0.15) is 17.5 Å². The van der Waals surface area contributed by atoms with Crippen LogP contribution >= 0.6 is 15.9 Å². The number of aliphatic hydroxyl groups excluding tert-OH is 2. The molecular formula is C17H17BrN2O4. The molecule has 0 bridgehead atoms. The van der Waals surface area contributed by atoms with E-state index in [2.05, 4.69) is 32.8 Å². The largest absolute Gasteiger partial charge is 0.396 e. The third-order valence-corrected chi connectivity index (χ3v) is 4.02. The first-order valence-electron chi connectivity index (χ1n) is 7.36. The van der Waals surface area contributed by atoms with E-state index in [0.717, 1.165) is 10.0 Å². The number of aromatic nitrogens is 2. The number of hydrogen-bond donors (Lipinski definition) is 3. The number of aliphatic hydroxyl groups is 2. The Hall–Kier alpha value is -2.14. The summed E-state index contributed by atoms with van der Waals surface area (Å²) in [5, 5.41) is 18.1. The normalized spacial score (nSPS) is 10.5. The van der Waals surface area contributed by atoms with E-state index in [1.807, 2.05) is 24.3 Å². The van der Waals surface area contributed by atoms with Crippen molar-refractivity contribution in [1.29, 1.82) is 0 Å². The highest BCUT2D eigenvalue weighted by atomic mass is 79.9. The molecule has 0 aliphatic heterocycles. The zero-order valence-electron chi connectivity index (χ0n) is 12.8. The lowest BCUT2D eigenvalue weighted by atomic mass is 10.1. The van der Waals surface area contributed by atoms with E-state index in [0.29, 0.717) is 6.42 Å². The number of nitrogens with one attached hydrogen (secondary N) is 1. The lowest BCUT2D eigenvalue weighted by molar-refractivity contribution is 0.140. The maximum absolute atomic E-state index is 11.9. The standard InChI is InChI=1S/C17H17BrN2O4/c18-15-5-2-12(3-6-15)1-4-14-9-20(17(24)19-16(14)23)8-7-13(10-21)11-22/h2-3,5-6,9,13,21-22H,7-8,10-11H2,(H,19,23,24). The van der Waals surface area contributed by atoms with Crippen LogP contribution in [-0.2, 0) is 6.54 Å². The highest BCUT2D eigenvalue weighted by Gasteiger charge is 2.08. The van der Waals surface area contributed by atoms with Gasteiger partial charge in [-0.3, -0.25) is 14.3 Å². The molecule has 2 aromatic rings. The average molecular weight is 393 g/mol. The third kappa shape index (κ3) is 4.93. The summed E-state index contributed by atoms with van der Waals surface area (Å²) in [7, 11) is 0. The van der Waals surface area contributed by atoms with Gasteiger partial charge < -0.3 is 10.2 Å². The van der Waals surface area contributed by atoms with Crippen molar-refractivity contribution in [2.75, 3.05) is 13.2 Å². The zero-order valence-corrected chi connectivity index (χ0v) is 14.4. The van der Waals surface area contributed by atoms with Crippen molar-refractivity contribution in [3.63, 3.8) is 0 Å². The molecule has 0 amide bonds. The second kappa shape index (κ2) is 8.64. The first kappa shape index (κ1) is 18.2. The van der Waals surface area contributed by atoms with E-state index in [4.69, 9.17) is 10.2 Å². The van der Waals surface area contributed by atoms with Gasteiger partial charge in [-0.1, -0.05) is 27.8 Å². The summed E-state index contributed by atoms with van der Waals surface area (Å²) < 4.78 is 2.26. The predicted octanol–water partition coefficient (Wildman–Crippen LogP) is 0.690. The van der Waals surface area contributed by atoms with Gasteiger partial charge in [-0.15, -0.1) is 0 Å². The quantitative estimate of drug-likeness (QED) is 0.652. The van der Waals surface area contributed by atoms with Gasteiger partial charge in [0.05, 0.1) is 0 Å². The van der Waals surface area contributed by atoms with E-state index in [1.165, 1.54) is 10.8 Å². The van der Waals surface area contributed by atoms with Gasteiger partial charge in [0.15, 0.2) is 0 Å². The Morgan fingerprint density at radius 3 is 2.42 bits per heavy atom. The van der Waals surface area contributed by atoms with Crippen LogP contribution in [0.5, 0.6) is 0 Å². The number of halogens is 1. The molecule has 6 nitrogen and oxygen atoms in total. The summed E-state index contributed by atoms with van der Waals surface area (Å²) in [4.78, 5) is 25.9. The van der Waals surface area contributed by atoms with Crippen LogP contribution in [0.25, 0.3) is 0 Å². The number of hydrogen-bond acceptors (Lipinski definition) is 4. The van der Waals surface area contributed by atoms with Gasteiger partial charge in [0, 0.05) is 41.9 Å². The van der Waals surface area contributed by atoms with E-state index in [9.17, 15) is 9.59 Å². The molecule has 1 heterocycles. The van der Waals surface area contributed by atoms with Crippen LogP contribution in [-0.4, -0.2) is 33.0 Å². The van der Waals surface area contributed by atoms with E-state index >= 15 is 0 Å². The minimum absolute atomic E-state index is 0.162. The van der Waals surface area contributed by atoms with Crippen LogP contribution in [0.15, 0.2) is 44.5 Å². The summed E-state index contributed by atoms with van der Waals surface area (Å²) in [5.41, 5.74) is -0.149. The Bertz CT molecular complexity index is 855. The number of aromatic amines is 1. The Labute approximate surface area is 146 Å². The number of nitrogens with zero attached hydrogens (tertiary/aromatic N) is 1. The van der Waals surface area contributed by atoms with Gasteiger partial charge in [-0.25, -0.2) is 4.79 Å². The SMILES string of the molecule is O=c1[nH]c(=O)n(CCC(CO)CO)cc1C#Cc1ccc(Br)cc1. The molecule has 2 rings (SSSR count). The summed E-state index contributed by atoms with van der Waals surface area (Å²) >= 11 is 3.33. The molecule has 1 aromatic heterocycles. The molecule has 0 aliphatic rings. The second-order valence-electron chi connectivity index (χ2n) is 5.27. The maximum atomic E-state index is 11.9. The fourth-order valence-corrected chi connectivity index (χ4v) is 2.26. The topological polar surface area (TPSA) is 95.3 Å². The van der Waals surface area contributed by atoms with Crippen molar-refractivity contribution in [3.05, 3.63) is 66.9 Å². The summed E-state index contributed by atoms with van der Waals surface area (Å²) in [6.07, 6.45) is 1.82. The van der Waals surface area contributed by atoms with E-state index in [-0.39, 0.29) is 31.2 Å². The molecule has 0 unspecified atom stereocenters. The molecule has 0 radical (unpaired) electrons. The molecule has 0 spiro atoms. The smallest absolute Gasteiger partial charge is 0.328 e. The van der Waals surface area contributed by atoms with Gasteiger partial charge in [0.1, 0.15) is 5.56 Å². The Balaban J connectivity index is 2.25. The lowest BCUT2D eigenvalue weighted by Crippen LogP contribution is -2.32. The molecule has 0 aliphatic carbocycles. The first-order chi connectivity index (χ1) is 11.5. The second-order valence-corrected chi connectivity index (χ2v) is 6.19. The van der Waals surface area contributed by atoms with Crippen LogP contribution in [0.4, 0.5) is 0 Å². The van der Waals surface area contributed by atoms with Crippen LogP contribution in [0.3, 0.4) is 0 Å². The fourth-order valence-electron chi connectivity index (χ4n) is 2.00. The fraction of sp³-hybridized carbons (Fsp3) is 0.294. The van der Waals surface area contributed by atoms with Crippen LogP contribution in [0.2, 0.25) is 0 Å². The highest BCUT2D eigenvalue weighted by Crippen LogP contribution is 2.09. The summed E-state index contributed by atoms with van der Waals surface area (Å²) in [5.74, 6) is 5.34. The average Bonchev–Trinajstić information content (AvgIpc) is 2.58. The third-order valence-electron chi connectivity index (χ3n) is 3.49. The summed E-state index contributed by atoms with van der Waals surface area (Å²) in [6.45, 7) is -0.0516. The van der Waals surface area contributed by atoms with Gasteiger partial charge in [0.25, 0.3) is 5.56 Å². The van der Waals surface area contributed by atoms with Crippen molar-refractivity contribution >= 4 is 15.9 Å². The maximum Gasteiger partial charge on any atom is 0.328 e. The minimum Gasteiger partial charge on any atom is -0.396 e. The number of aryl methyl sites for hydroxylation is 1. The molecule has 0 saturated heterocycles. The minimum atomic E-state index is -0.540. The van der Waals surface area contributed by atoms with Crippen molar-refractivity contribution in [3.8, 4) is 11.8 Å². The Morgan fingerprint density at radius 2 is 1.79 bits per heavy atom. The van der Waals surface area contributed by atoms with Crippen molar-refractivity contribution < 1.29 is 10.2 Å². The number of benzene rings is 1. The monoisotopic (exact) mass is 392 g/mol. The van der Waals surface area contributed by atoms with Crippen LogP contribution in [0, 0.1) is 17.8 Å². The molecule has 3 N–H and O–H groups in total. The van der Waals surface area contributed by atoms with Crippen LogP contribution < -0.4 is 11.2 Å². The van der Waals surface area contributed by atoms with E-state index in [1.54, 1.807) is 0 Å². The van der Waals surface area contributed by atoms with Gasteiger partial charge in [-0.2, -0.15) is 0 Å². The number of H-pyrrole nitrogens is 1. The first-order valence-corrected chi connectivity index (χ1v) is 8.16. The predicted molar refractivity (Wildman–Crippen MR) is 93.7 cm³/mol. The highest BCUT2D eigenvalue weighted by molar-refractivity contribution is 9.10. The molecule has 0 atom stereocenters. The Kier molecular flexibility index (Phi) is 6.55. The van der Waals surface area contributed by atoms with Crippen molar-refractivity contribution in [1.82, 2.24) is 9.55 Å². The van der Waals surface area contributed by atoms with Crippen molar-refractivity contribution in [2.45, 2.75) is 13.0 Å². The Morgan fingerprint density at radius 1 is 1.12 bits per heavy atom. The van der Waals surface area contributed by atoms with E-state index < -0.39 is 11.2 Å². The van der Waals surface area contributed by atoms with Gasteiger partial charge >= 0.3 is 5.69 Å². The molecule has 1 aromatic carbocycles. The molecule has 0 saturated carbocycles. The molecule has 24 heavy (non-hydrogen) atoms. The van der Waals surface area contributed by atoms with Crippen molar-refractivity contribution in [2.24, 2.45) is 5.92 Å². The zero-order chi connectivity index (χ0) is 17.5. The molecule has 0 fully saturated rings. The number of rotatable bonds is 5. The van der Waals surface area contributed by atoms with Gasteiger partial charge in [-0.05, 0) is 30.7 Å². The molecule has 126 valence electrons. The molecular weight excluding hydrogens is 376 g/mol.